The summed E-state index contributed by atoms with van der Waals surface area (Å²) in [5.74, 6) is 0.883. The molecule has 0 saturated carbocycles. The molecule has 0 radical (unpaired) electrons. The molecule has 8 heteroatoms. The topological polar surface area (TPSA) is 101 Å². The molecule has 1 saturated heterocycles. The highest BCUT2D eigenvalue weighted by atomic mass is 16.5. The number of hydrogen-bond acceptors (Lipinski definition) is 5. The molecule has 2 atom stereocenters. The lowest BCUT2D eigenvalue weighted by Crippen LogP contribution is -2.56. The SMILES string of the molecule is C[C@H](CCc1ccco1)NC(=O)CN1CC[C@]2(CCC1=O)NC(=O)c1ccccc1O2. The molecule has 2 aliphatic rings. The third-order valence-electron chi connectivity index (χ3n) is 5.81. The Kier molecular flexibility index (Phi) is 5.97. The second-order valence-corrected chi connectivity index (χ2v) is 8.20. The van der Waals surface area contributed by atoms with Gasteiger partial charge in [-0.2, -0.15) is 0 Å². The number of rotatable bonds is 6. The number of fused-ring (bicyclic) bond motifs is 1. The average Bonchev–Trinajstić information content (AvgIpc) is 3.23. The number of hydrogen-bond donors (Lipinski definition) is 2. The van der Waals surface area contributed by atoms with E-state index in [4.69, 9.17) is 9.15 Å². The minimum absolute atomic E-state index is 0.00939. The van der Waals surface area contributed by atoms with Gasteiger partial charge in [0.1, 0.15) is 11.5 Å². The maximum atomic E-state index is 12.6. The van der Waals surface area contributed by atoms with Crippen LogP contribution in [0.4, 0.5) is 0 Å². The lowest BCUT2D eigenvalue weighted by Gasteiger charge is -2.38. The molecule has 0 unspecified atom stereocenters. The molecule has 1 spiro atoms. The third-order valence-corrected chi connectivity index (χ3v) is 5.81. The first-order valence-electron chi connectivity index (χ1n) is 10.6. The van der Waals surface area contributed by atoms with E-state index in [1.54, 1.807) is 29.4 Å². The molecule has 2 aromatic rings. The minimum atomic E-state index is -0.928. The van der Waals surface area contributed by atoms with E-state index >= 15 is 0 Å². The van der Waals surface area contributed by atoms with Crippen LogP contribution in [-0.4, -0.2) is 47.5 Å². The number of aryl methyl sites for hydroxylation is 1. The Morgan fingerprint density at radius 3 is 2.87 bits per heavy atom. The molecule has 1 fully saturated rings. The number of nitrogens with zero attached hydrogens (tertiary/aromatic N) is 1. The molecule has 0 bridgehead atoms. The number of amides is 3. The highest BCUT2D eigenvalue weighted by molar-refractivity contribution is 5.98. The van der Waals surface area contributed by atoms with E-state index in [2.05, 4.69) is 10.6 Å². The summed E-state index contributed by atoms with van der Waals surface area (Å²) in [6, 6.07) is 10.8. The molecule has 2 aliphatic heterocycles. The molecular formula is C23H27N3O5. The Morgan fingerprint density at radius 2 is 2.06 bits per heavy atom. The minimum Gasteiger partial charge on any atom is -0.469 e. The molecule has 164 valence electrons. The second kappa shape index (κ2) is 8.83. The highest BCUT2D eigenvalue weighted by Gasteiger charge is 2.42. The van der Waals surface area contributed by atoms with E-state index in [1.165, 1.54) is 0 Å². The van der Waals surface area contributed by atoms with Crippen molar-refractivity contribution < 1.29 is 23.5 Å². The number of carbonyl (C=O) groups excluding carboxylic acids is 3. The van der Waals surface area contributed by atoms with E-state index in [-0.39, 0.29) is 36.7 Å². The number of nitrogens with one attached hydrogen (secondary N) is 2. The lowest BCUT2D eigenvalue weighted by atomic mass is 10.0. The van der Waals surface area contributed by atoms with Gasteiger partial charge in [-0.05, 0) is 37.6 Å². The second-order valence-electron chi connectivity index (χ2n) is 8.20. The number of likely N-dealkylation sites (tertiary alicyclic amines) is 1. The summed E-state index contributed by atoms with van der Waals surface area (Å²) in [6.07, 6.45) is 4.09. The van der Waals surface area contributed by atoms with Crippen molar-refractivity contribution in [2.45, 2.75) is 50.8 Å². The van der Waals surface area contributed by atoms with Crippen molar-refractivity contribution in [2.75, 3.05) is 13.1 Å². The van der Waals surface area contributed by atoms with Gasteiger partial charge in [-0.15, -0.1) is 0 Å². The Hall–Kier alpha value is -3.29. The maximum absolute atomic E-state index is 12.6. The van der Waals surface area contributed by atoms with Gasteiger partial charge >= 0.3 is 0 Å². The van der Waals surface area contributed by atoms with Crippen LogP contribution in [0.5, 0.6) is 5.75 Å². The zero-order valence-electron chi connectivity index (χ0n) is 17.6. The van der Waals surface area contributed by atoms with Gasteiger partial charge in [0.2, 0.25) is 11.8 Å². The standard InChI is InChI=1S/C23H27N3O5/c1-16(8-9-17-5-4-14-30-17)24-20(27)15-26-13-12-23(11-10-21(26)28)25-22(29)18-6-2-3-7-19(18)31-23/h2-7,14,16H,8-13,15H2,1H3,(H,24,27)(H,25,29)/t16-,23-/m1/s1. The molecule has 3 amide bonds. The molecule has 8 nitrogen and oxygen atoms in total. The Balaban J connectivity index is 1.32. The van der Waals surface area contributed by atoms with Gasteiger partial charge in [-0.25, -0.2) is 0 Å². The fourth-order valence-electron chi connectivity index (χ4n) is 4.06. The van der Waals surface area contributed by atoms with Crippen molar-refractivity contribution in [3.8, 4) is 5.75 Å². The number of furan rings is 1. The maximum Gasteiger partial charge on any atom is 0.258 e. The van der Waals surface area contributed by atoms with Gasteiger partial charge in [0.25, 0.3) is 5.91 Å². The van der Waals surface area contributed by atoms with E-state index in [9.17, 15) is 14.4 Å². The summed E-state index contributed by atoms with van der Waals surface area (Å²) in [5.41, 5.74) is -0.439. The number of carbonyl (C=O) groups is 3. The van der Waals surface area contributed by atoms with Crippen LogP contribution in [0.3, 0.4) is 0 Å². The molecule has 31 heavy (non-hydrogen) atoms. The normalized spacial score (nSPS) is 21.6. The van der Waals surface area contributed by atoms with Gasteiger partial charge in [-0.1, -0.05) is 12.1 Å². The Labute approximate surface area is 180 Å². The fourth-order valence-corrected chi connectivity index (χ4v) is 4.06. The summed E-state index contributed by atoms with van der Waals surface area (Å²) in [4.78, 5) is 39.2. The van der Waals surface area contributed by atoms with Crippen LogP contribution in [0.15, 0.2) is 47.1 Å². The van der Waals surface area contributed by atoms with E-state index in [0.717, 1.165) is 18.6 Å². The number of ether oxygens (including phenoxy) is 1. The molecule has 4 rings (SSSR count). The number of benzene rings is 1. The molecule has 3 heterocycles. The van der Waals surface area contributed by atoms with E-state index < -0.39 is 5.72 Å². The lowest BCUT2D eigenvalue weighted by molar-refractivity contribution is -0.135. The summed E-state index contributed by atoms with van der Waals surface area (Å²) in [6.45, 7) is 2.25. The van der Waals surface area contributed by atoms with Gasteiger partial charge in [0.05, 0.1) is 18.4 Å². The fraction of sp³-hybridized carbons (Fsp3) is 0.435. The third kappa shape index (κ3) is 4.90. The van der Waals surface area contributed by atoms with E-state index in [1.807, 2.05) is 25.1 Å². The van der Waals surface area contributed by atoms with Crippen molar-refractivity contribution in [1.82, 2.24) is 15.5 Å². The van der Waals surface area contributed by atoms with Gasteiger partial charge in [-0.3, -0.25) is 14.4 Å². The molecular weight excluding hydrogens is 398 g/mol. The van der Waals surface area contributed by atoms with Crippen molar-refractivity contribution in [3.05, 3.63) is 54.0 Å². The summed E-state index contributed by atoms with van der Waals surface area (Å²) < 4.78 is 11.4. The van der Waals surface area contributed by atoms with Crippen LogP contribution in [0, 0.1) is 0 Å². The predicted octanol–water partition coefficient (Wildman–Crippen LogP) is 2.25. The van der Waals surface area contributed by atoms with E-state index in [0.29, 0.717) is 30.7 Å². The molecule has 0 aliphatic carbocycles. The van der Waals surface area contributed by atoms with Crippen LogP contribution in [0.25, 0.3) is 0 Å². The van der Waals surface area contributed by atoms with Crippen LogP contribution in [0.1, 0.15) is 48.7 Å². The zero-order chi connectivity index (χ0) is 21.8. The Morgan fingerprint density at radius 1 is 1.23 bits per heavy atom. The highest BCUT2D eigenvalue weighted by Crippen LogP contribution is 2.33. The average molecular weight is 425 g/mol. The summed E-state index contributed by atoms with van der Waals surface area (Å²) in [7, 11) is 0. The van der Waals surface area contributed by atoms with Crippen molar-refractivity contribution in [1.29, 1.82) is 0 Å². The van der Waals surface area contributed by atoms with Gasteiger partial charge in [0.15, 0.2) is 5.72 Å². The van der Waals surface area contributed by atoms with Crippen LogP contribution in [-0.2, 0) is 16.0 Å². The number of para-hydroxylation sites is 1. The smallest absolute Gasteiger partial charge is 0.258 e. The van der Waals surface area contributed by atoms with Crippen molar-refractivity contribution in [3.63, 3.8) is 0 Å². The molecule has 1 aromatic carbocycles. The Bertz CT molecular complexity index is 958. The monoisotopic (exact) mass is 425 g/mol. The van der Waals surface area contributed by atoms with Crippen LogP contribution < -0.4 is 15.4 Å². The molecule has 2 N–H and O–H groups in total. The summed E-state index contributed by atoms with van der Waals surface area (Å²) in [5, 5.41) is 5.88. The largest absolute Gasteiger partial charge is 0.469 e. The first-order chi connectivity index (χ1) is 14.9. The molecule has 1 aromatic heterocycles. The predicted molar refractivity (Wildman–Crippen MR) is 112 cm³/mol. The quantitative estimate of drug-likeness (QED) is 0.739. The van der Waals surface area contributed by atoms with Crippen molar-refractivity contribution >= 4 is 17.7 Å². The summed E-state index contributed by atoms with van der Waals surface area (Å²) >= 11 is 0. The zero-order valence-corrected chi connectivity index (χ0v) is 17.6. The van der Waals surface area contributed by atoms with Gasteiger partial charge < -0.3 is 24.7 Å². The first-order valence-corrected chi connectivity index (χ1v) is 10.6. The van der Waals surface area contributed by atoms with Gasteiger partial charge in [0, 0.05) is 38.3 Å². The first kappa shape index (κ1) is 21.0. The van der Waals surface area contributed by atoms with Crippen molar-refractivity contribution in [2.24, 2.45) is 0 Å². The van der Waals surface area contributed by atoms with Crippen LogP contribution in [0.2, 0.25) is 0 Å². The van der Waals surface area contributed by atoms with Crippen LogP contribution >= 0.6 is 0 Å².